The molecule has 0 aliphatic carbocycles. The second-order valence-electron chi connectivity index (χ2n) is 5.27. The second kappa shape index (κ2) is 5.07. The van der Waals surface area contributed by atoms with E-state index in [1.165, 1.54) is 38.1 Å². The van der Waals surface area contributed by atoms with Crippen molar-refractivity contribution in [2.75, 3.05) is 18.8 Å². The second-order valence-corrected chi connectivity index (χ2v) is 6.74. The number of thioether (sulfide) groups is 1. The van der Waals surface area contributed by atoms with E-state index < -0.39 is 0 Å². The number of nitrogens with two attached hydrogens (primary N) is 1. The Morgan fingerprint density at radius 1 is 1.33 bits per heavy atom. The Labute approximate surface area is 98.0 Å². The fraction of sp³-hybridized carbons (Fsp3) is 1.00. The van der Waals surface area contributed by atoms with E-state index in [9.17, 15) is 0 Å². The average molecular weight is 228 g/mol. The van der Waals surface area contributed by atoms with Gasteiger partial charge in [0.15, 0.2) is 0 Å². The van der Waals surface area contributed by atoms with Gasteiger partial charge in [0.1, 0.15) is 0 Å². The van der Waals surface area contributed by atoms with Crippen LogP contribution in [-0.4, -0.2) is 41.1 Å². The smallest absolute Gasteiger partial charge is 0.0196 e. The summed E-state index contributed by atoms with van der Waals surface area (Å²) in [6, 6.07) is 1.25. The molecule has 3 atom stereocenters. The zero-order chi connectivity index (χ0) is 10.8. The first-order valence-corrected chi connectivity index (χ1v) is 7.33. The van der Waals surface area contributed by atoms with Crippen molar-refractivity contribution in [1.82, 2.24) is 4.90 Å². The summed E-state index contributed by atoms with van der Waals surface area (Å²) in [5.41, 5.74) is 5.97. The molecule has 2 fully saturated rings. The number of nitrogens with zero attached hydrogens (tertiary/aromatic N) is 1. The summed E-state index contributed by atoms with van der Waals surface area (Å²) in [6.07, 6.45) is 4.02. The molecule has 0 radical (unpaired) electrons. The van der Waals surface area contributed by atoms with E-state index in [0.29, 0.717) is 6.04 Å². The molecule has 0 saturated carbocycles. The zero-order valence-electron chi connectivity index (χ0n) is 9.98. The average Bonchev–Trinajstić information content (AvgIpc) is 2.65. The number of likely N-dealkylation sites (tertiary alicyclic amines) is 1. The zero-order valence-corrected chi connectivity index (χ0v) is 10.8. The largest absolute Gasteiger partial charge is 0.328 e. The molecule has 0 aromatic rings. The summed E-state index contributed by atoms with van der Waals surface area (Å²) in [4.78, 5) is 2.70. The molecule has 0 spiro atoms. The van der Waals surface area contributed by atoms with Crippen LogP contribution >= 0.6 is 11.8 Å². The number of piperidine rings is 1. The van der Waals surface area contributed by atoms with Gasteiger partial charge in [-0.15, -0.1) is 0 Å². The minimum atomic E-state index is 0.393. The summed E-state index contributed by atoms with van der Waals surface area (Å²) in [6.45, 7) is 7.08. The molecule has 0 aromatic carbocycles. The summed E-state index contributed by atoms with van der Waals surface area (Å²) < 4.78 is 0. The summed E-state index contributed by atoms with van der Waals surface area (Å²) in [5.74, 6) is 2.12. The van der Waals surface area contributed by atoms with Gasteiger partial charge in [0.05, 0.1) is 0 Å². The standard InChI is InChI=1S/C12H24N2S/c1-9-7-12(8-15-9)14-5-3-11(4-6-14)10(2)13/h9-12H,3-8,13H2,1-2H3. The fourth-order valence-corrected chi connectivity index (χ4v) is 4.12. The van der Waals surface area contributed by atoms with Crippen molar-refractivity contribution >= 4 is 11.8 Å². The quantitative estimate of drug-likeness (QED) is 0.783. The molecule has 2 saturated heterocycles. The maximum absolute atomic E-state index is 5.97. The van der Waals surface area contributed by atoms with Crippen LogP contribution in [0, 0.1) is 5.92 Å². The highest BCUT2D eigenvalue weighted by atomic mass is 32.2. The molecule has 2 heterocycles. The van der Waals surface area contributed by atoms with Gasteiger partial charge < -0.3 is 5.73 Å². The van der Waals surface area contributed by atoms with Crippen LogP contribution in [0.25, 0.3) is 0 Å². The molecule has 88 valence electrons. The first-order valence-electron chi connectivity index (χ1n) is 6.28. The molecule has 2 N–H and O–H groups in total. The highest BCUT2D eigenvalue weighted by molar-refractivity contribution is 8.00. The first-order chi connectivity index (χ1) is 7.16. The molecular weight excluding hydrogens is 204 g/mol. The van der Waals surface area contributed by atoms with Crippen LogP contribution in [0.15, 0.2) is 0 Å². The van der Waals surface area contributed by atoms with Crippen LogP contribution in [0.5, 0.6) is 0 Å². The maximum Gasteiger partial charge on any atom is 0.0196 e. The Morgan fingerprint density at radius 2 is 2.00 bits per heavy atom. The van der Waals surface area contributed by atoms with E-state index in [1.54, 1.807) is 0 Å². The molecular formula is C12H24N2S. The van der Waals surface area contributed by atoms with Gasteiger partial charge >= 0.3 is 0 Å². The number of hydrogen-bond acceptors (Lipinski definition) is 3. The van der Waals surface area contributed by atoms with Gasteiger partial charge in [-0.05, 0) is 45.2 Å². The molecule has 0 aromatic heterocycles. The van der Waals surface area contributed by atoms with Crippen molar-refractivity contribution in [3.8, 4) is 0 Å². The van der Waals surface area contributed by atoms with Gasteiger partial charge in [-0.3, -0.25) is 4.90 Å². The van der Waals surface area contributed by atoms with Crippen molar-refractivity contribution in [2.45, 2.75) is 50.4 Å². The lowest BCUT2D eigenvalue weighted by molar-refractivity contribution is 0.133. The molecule has 2 nitrogen and oxygen atoms in total. The van der Waals surface area contributed by atoms with Gasteiger partial charge in [-0.1, -0.05) is 6.92 Å². The molecule has 3 unspecified atom stereocenters. The summed E-state index contributed by atoms with van der Waals surface area (Å²) in [5, 5.41) is 0.876. The van der Waals surface area contributed by atoms with Gasteiger partial charge in [0.2, 0.25) is 0 Å². The molecule has 0 bridgehead atoms. The van der Waals surface area contributed by atoms with Gasteiger partial charge in [-0.2, -0.15) is 11.8 Å². The van der Waals surface area contributed by atoms with E-state index in [-0.39, 0.29) is 0 Å². The fourth-order valence-electron chi connectivity index (χ4n) is 2.86. The van der Waals surface area contributed by atoms with Crippen molar-refractivity contribution in [3.05, 3.63) is 0 Å². The van der Waals surface area contributed by atoms with Gasteiger partial charge in [-0.25, -0.2) is 0 Å². The minimum absolute atomic E-state index is 0.393. The van der Waals surface area contributed by atoms with E-state index in [4.69, 9.17) is 5.73 Å². The third kappa shape index (κ3) is 2.89. The SMILES string of the molecule is CC1CC(N2CCC(C(C)N)CC2)CS1. The number of rotatable bonds is 2. The topological polar surface area (TPSA) is 29.3 Å². The summed E-state index contributed by atoms with van der Waals surface area (Å²) >= 11 is 2.14. The molecule has 15 heavy (non-hydrogen) atoms. The minimum Gasteiger partial charge on any atom is -0.328 e. The maximum atomic E-state index is 5.97. The molecule has 0 amide bonds. The van der Waals surface area contributed by atoms with E-state index in [0.717, 1.165) is 17.2 Å². The Kier molecular flexibility index (Phi) is 3.97. The highest BCUT2D eigenvalue weighted by Crippen LogP contribution is 2.32. The van der Waals surface area contributed by atoms with Crippen LogP contribution in [0.3, 0.4) is 0 Å². The van der Waals surface area contributed by atoms with E-state index >= 15 is 0 Å². The molecule has 2 rings (SSSR count). The normalized spacial score (nSPS) is 37.0. The molecule has 2 aliphatic rings. The van der Waals surface area contributed by atoms with Crippen molar-refractivity contribution in [1.29, 1.82) is 0 Å². The third-order valence-corrected chi connectivity index (χ3v) is 5.35. The highest BCUT2D eigenvalue weighted by Gasteiger charge is 2.30. The van der Waals surface area contributed by atoms with Crippen LogP contribution in [0.1, 0.15) is 33.1 Å². The van der Waals surface area contributed by atoms with Crippen LogP contribution in [0.2, 0.25) is 0 Å². The van der Waals surface area contributed by atoms with E-state index in [1.807, 2.05) is 0 Å². The van der Waals surface area contributed by atoms with Crippen LogP contribution in [-0.2, 0) is 0 Å². The Bertz CT molecular complexity index is 200. The van der Waals surface area contributed by atoms with Gasteiger partial charge in [0.25, 0.3) is 0 Å². The lowest BCUT2D eigenvalue weighted by atomic mass is 9.90. The summed E-state index contributed by atoms with van der Waals surface area (Å²) in [7, 11) is 0. The molecule has 2 aliphatic heterocycles. The Hall–Kier alpha value is 0.270. The monoisotopic (exact) mass is 228 g/mol. The lowest BCUT2D eigenvalue weighted by Gasteiger charge is -2.37. The molecule has 3 heteroatoms. The van der Waals surface area contributed by atoms with Crippen LogP contribution < -0.4 is 5.73 Å². The first kappa shape index (κ1) is 11.7. The van der Waals surface area contributed by atoms with Crippen molar-refractivity contribution in [2.24, 2.45) is 11.7 Å². The Morgan fingerprint density at radius 3 is 2.47 bits per heavy atom. The van der Waals surface area contributed by atoms with Crippen molar-refractivity contribution < 1.29 is 0 Å². The van der Waals surface area contributed by atoms with E-state index in [2.05, 4.69) is 30.5 Å². The third-order valence-electron chi connectivity index (χ3n) is 4.01. The van der Waals surface area contributed by atoms with Crippen molar-refractivity contribution in [3.63, 3.8) is 0 Å². The predicted molar refractivity (Wildman–Crippen MR) is 68.3 cm³/mol. The Balaban J connectivity index is 1.78. The van der Waals surface area contributed by atoms with Gasteiger partial charge in [0, 0.05) is 23.1 Å². The number of hydrogen-bond donors (Lipinski definition) is 1. The van der Waals surface area contributed by atoms with Crippen LogP contribution in [0.4, 0.5) is 0 Å². The predicted octanol–water partition coefficient (Wildman–Crippen LogP) is 1.94. The lowest BCUT2D eigenvalue weighted by Crippen LogP contribution is -2.44.